The standard InChI is InChI=1S/C26H26Cl2N2O5S/c1-26(2)15-23(22-12-9-20(34-3)14-24(22)35-26)29-25(31)16-30(19-6-4-5-18(28)13-19)36(32,33)21-10-7-17(27)8-11-21/h4-14,23H,15-16H2,1-3H3,(H,29,31). The number of benzene rings is 3. The van der Waals surface area contributed by atoms with Crippen LogP contribution in [0, 0.1) is 0 Å². The van der Waals surface area contributed by atoms with Crippen molar-refractivity contribution in [3.8, 4) is 11.5 Å². The van der Waals surface area contributed by atoms with Crippen LogP contribution in [0.25, 0.3) is 0 Å². The first-order valence-corrected chi connectivity index (χ1v) is 13.4. The maximum absolute atomic E-state index is 13.6. The lowest BCUT2D eigenvalue weighted by Gasteiger charge is -2.38. The van der Waals surface area contributed by atoms with E-state index in [0.717, 1.165) is 9.87 Å². The molecule has 1 aliphatic heterocycles. The number of hydrogen-bond donors (Lipinski definition) is 1. The molecule has 0 aromatic heterocycles. The number of sulfonamides is 1. The van der Waals surface area contributed by atoms with Gasteiger partial charge < -0.3 is 14.8 Å². The van der Waals surface area contributed by atoms with Gasteiger partial charge in [0.15, 0.2) is 0 Å². The summed E-state index contributed by atoms with van der Waals surface area (Å²) >= 11 is 12.1. The van der Waals surface area contributed by atoms with Crippen molar-refractivity contribution < 1.29 is 22.7 Å². The van der Waals surface area contributed by atoms with E-state index in [0.29, 0.717) is 28.0 Å². The molecule has 1 unspecified atom stereocenters. The van der Waals surface area contributed by atoms with Crippen LogP contribution >= 0.6 is 23.2 Å². The lowest BCUT2D eigenvalue weighted by Crippen LogP contribution is -2.45. The maximum atomic E-state index is 13.6. The van der Waals surface area contributed by atoms with Crippen LogP contribution in [0.3, 0.4) is 0 Å². The van der Waals surface area contributed by atoms with Gasteiger partial charge in [-0.05, 0) is 68.4 Å². The molecule has 1 aliphatic rings. The lowest BCUT2D eigenvalue weighted by atomic mass is 9.89. The van der Waals surface area contributed by atoms with Gasteiger partial charge in [-0.1, -0.05) is 29.3 Å². The molecule has 0 saturated carbocycles. The van der Waals surface area contributed by atoms with E-state index in [2.05, 4.69) is 5.32 Å². The summed E-state index contributed by atoms with van der Waals surface area (Å²) in [5, 5.41) is 3.74. The van der Waals surface area contributed by atoms with Crippen molar-refractivity contribution in [2.24, 2.45) is 0 Å². The fourth-order valence-electron chi connectivity index (χ4n) is 4.14. The van der Waals surface area contributed by atoms with Crippen molar-refractivity contribution in [1.29, 1.82) is 0 Å². The van der Waals surface area contributed by atoms with Crippen LogP contribution < -0.4 is 19.1 Å². The molecule has 1 atom stereocenters. The summed E-state index contributed by atoms with van der Waals surface area (Å²) in [7, 11) is -2.53. The van der Waals surface area contributed by atoms with Crippen LogP contribution in [0.15, 0.2) is 71.6 Å². The fourth-order valence-corrected chi connectivity index (χ4v) is 5.86. The minimum Gasteiger partial charge on any atom is -0.497 e. The SMILES string of the molecule is COc1ccc2c(c1)OC(C)(C)CC2NC(=O)CN(c1cccc(Cl)c1)S(=O)(=O)c1ccc(Cl)cc1. The second kappa shape index (κ2) is 10.2. The zero-order valence-electron chi connectivity index (χ0n) is 20.0. The molecule has 7 nitrogen and oxygen atoms in total. The van der Waals surface area contributed by atoms with Gasteiger partial charge in [-0.2, -0.15) is 0 Å². The number of ether oxygens (including phenoxy) is 2. The zero-order valence-corrected chi connectivity index (χ0v) is 22.3. The first kappa shape index (κ1) is 26.1. The number of carbonyl (C=O) groups is 1. The summed E-state index contributed by atoms with van der Waals surface area (Å²) in [5.74, 6) is 0.770. The first-order valence-electron chi connectivity index (χ1n) is 11.2. The topological polar surface area (TPSA) is 84.9 Å². The van der Waals surface area contributed by atoms with E-state index in [1.165, 1.54) is 30.3 Å². The van der Waals surface area contributed by atoms with E-state index in [-0.39, 0.29) is 16.6 Å². The largest absolute Gasteiger partial charge is 0.497 e. The summed E-state index contributed by atoms with van der Waals surface area (Å²) in [4.78, 5) is 13.3. The van der Waals surface area contributed by atoms with Crippen LogP contribution in [0.1, 0.15) is 31.9 Å². The number of halogens is 2. The summed E-state index contributed by atoms with van der Waals surface area (Å²) in [5.41, 5.74) is 0.502. The number of methoxy groups -OCH3 is 1. The van der Waals surface area contributed by atoms with Gasteiger partial charge in [0.1, 0.15) is 23.6 Å². The molecule has 3 aromatic carbocycles. The van der Waals surface area contributed by atoms with E-state index in [9.17, 15) is 13.2 Å². The van der Waals surface area contributed by atoms with Crippen molar-refractivity contribution in [3.63, 3.8) is 0 Å². The van der Waals surface area contributed by atoms with Crippen molar-refractivity contribution in [3.05, 3.63) is 82.3 Å². The molecule has 0 fully saturated rings. The Kier molecular flexibility index (Phi) is 7.41. The van der Waals surface area contributed by atoms with Crippen molar-refractivity contribution in [2.75, 3.05) is 18.0 Å². The number of nitrogens with zero attached hydrogens (tertiary/aromatic N) is 1. The summed E-state index contributed by atoms with van der Waals surface area (Å²) in [6.07, 6.45) is 0.499. The molecule has 4 rings (SSSR count). The highest BCUT2D eigenvalue weighted by Gasteiger charge is 2.36. The molecule has 36 heavy (non-hydrogen) atoms. The Morgan fingerprint density at radius 2 is 1.81 bits per heavy atom. The van der Waals surface area contributed by atoms with Gasteiger partial charge in [-0.15, -0.1) is 0 Å². The molecule has 0 aliphatic carbocycles. The van der Waals surface area contributed by atoms with E-state index in [4.69, 9.17) is 32.7 Å². The summed E-state index contributed by atoms with van der Waals surface area (Å²) in [6, 6.07) is 17.2. The number of anilines is 1. The highest BCUT2D eigenvalue weighted by Crippen LogP contribution is 2.41. The third kappa shape index (κ3) is 5.72. The van der Waals surface area contributed by atoms with Gasteiger partial charge in [0.25, 0.3) is 10.0 Å². The molecule has 0 bridgehead atoms. The predicted molar refractivity (Wildman–Crippen MR) is 141 cm³/mol. The van der Waals surface area contributed by atoms with Gasteiger partial charge in [-0.25, -0.2) is 8.42 Å². The fraction of sp³-hybridized carbons (Fsp3) is 0.269. The van der Waals surface area contributed by atoms with Crippen LogP contribution in [-0.2, 0) is 14.8 Å². The van der Waals surface area contributed by atoms with Gasteiger partial charge in [-0.3, -0.25) is 9.10 Å². The third-order valence-corrected chi connectivity index (χ3v) is 8.07. The predicted octanol–water partition coefficient (Wildman–Crippen LogP) is 5.62. The molecule has 1 amide bonds. The Bertz CT molecular complexity index is 1380. The lowest BCUT2D eigenvalue weighted by molar-refractivity contribution is -0.120. The van der Waals surface area contributed by atoms with E-state index in [1.807, 2.05) is 19.9 Å². The molecule has 1 N–H and O–H groups in total. The van der Waals surface area contributed by atoms with E-state index >= 15 is 0 Å². The number of hydrogen-bond acceptors (Lipinski definition) is 5. The minimum atomic E-state index is -4.10. The van der Waals surface area contributed by atoms with Crippen LogP contribution in [0.5, 0.6) is 11.5 Å². The van der Waals surface area contributed by atoms with Crippen molar-refractivity contribution in [1.82, 2.24) is 5.32 Å². The molecule has 10 heteroatoms. The molecule has 0 radical (unpaired) electrons. The third-order valence-electron chi connectivity index (χ3n) is 5.80. The van der Waals surface area contributed by atoms with Gasteiger partial charge >= 0.3 is 0 Å². The molecule has 0 spiro atoms. The molecular weight excluding hydrogens is 523 g/mol. The number of rotatable bonds is 7. The quantitative estimate of drug-likeness (QED) is 0.414. The highest BCUT2D eigenvalue weighted by atomic mass is 35.5. The average molecular weight is 549 g/mol. The molecular formula is C26H26Cl2N2O5S. The Morgan fingerprint density at radius 1 is 1.08 bits per heavy atom. The number of fused-ring (bicyclic) bond motifs is 1. The monoisotopic (exact) mass is 548 g/mol. The Balaban J connectivity index is 1.65. The first-order chi connectivity index (χ1) is 17.0. The Labute approximate surface area is 221 Å². The van der Waals surface area contributed by atoms with Crippen LogP contribution in [0.2, 0.25) is 10.0 Å². The molecule has 0 saturated heterocycles. The Hall–Kier alpha value is -2.94. The van der Waals surface area contributed by atoms with Gasteiger partial charge in [0.2, 0.25) is 5.91 Å². The summed E-state index contributed by atoms with van der Waals surface area (Å²) < 4.78 is 39.6. The number of carbonyl (C=O) groups excluding carboxylic acids is 1. The van der Waals surface area contributed by atoms with E-state index in [1.54, 1.807) is 37.4 Å². The zero-order chi connectivity index (χ0) is 26.1. The maximum Gasteiger partial charge on any atom is 0.264 e. The normalized spacial score (nSPS) is 16.4. The molecule has 190 valence electrons. The minimum absolute atomic E-state index is 0.00400. The second-order valence-corrected chi connectivity index (χ2v) is 11.8. The number of amides is 1. The Morgan fingerprint density at radius 3 is 2.47 bits per heavy atom. The van der Waals surface area contributed by atoms with E-state index < -0.39 is 28.1 Å². The smallest absolute Gasteiger partial charge is 0.264 e. The van der Waals surface area contributed by atoms with Crippen LogP contribution in [-0.4, -0.2) is 33.6 Å². The number of nitrogens with one attached hydrogen (secondary N) is 1. The van der Waals surface area contributed by atoms with Crippen LogP contribution in [0.4, 0.5) is 5.69 Å². The average Bonchev–Trinajstić information content (AvgIpc) is 2.81. The second-order valence-electron chi connectivity index (χ2n) is 9.04. The molecule has 3 aromatic rings. The molecule has 1 heterocycles. The van der Waals surface area contributed by atoms with Crippen molar-refractivity contribution >= 4 is 44.8 Å². The van der Waals surface area contributed by atoms with Gasteiger partial charge in [0.05, 0.1) is 23.7 Å². The van der Waals surface area contributed by atoms with Gasteiger partial charge in [0, 0.05) is 28.1 Å². The highest BCUT2D eigenvalue weighted by molar-refractivity contribution is 7.92. The summed E-state index contributed by atoms with van der Waals surface area (Å²) in [6.45, 7) is 3.41. The van der Waals surface area contributed by atoms with Crippen molar-refractivity contribution in [2.45, 2.75) is 36.8 Å².